The van der Waals surface area contributed by atoms with E-state index in [0.717, 1.165) is 37.3 Å². The van der Waals surface area contributed by atoms with Gasteiger partial charge in [0.15, 0.2) is 6.10 Å². The van der Waals surface area contributed by atoms with Crippen molar-refractivity contribution in [2.24, 2.45) is 5.73 Å². The van der Waals surface area contributed by atoms with Gasteiger partial charge in [-0.15, -0.1) is 5.10 Å². The fourth-order valence-electron chi connectivity index (χ4n) is 2.57. The second-order valence-electron chi connectivity index (χ2n) is 5.66. The first-order valence-corrected chi connectivity index (χ1v) is 8.43. The van der Waals surface area contributed by atoms with Crippen LogP contribution < -0.4 is 10.5 Å². The first-order chi connectivity index (χ1) is 11.6. The molecule has 0 saturated heterocycles. The van der Waals surface area contributed by atoms with Gasteiger partial charge in [0.1, 0.15) is 0 Å². The molecule has 2 aromatic rings. The van der Waals surface area contributed by atoms with Crippen LogP contribution in [0.3, 0.4) is 0 Å². The zero-order valence-electron chi connectivity index (χ0n) is 14.4. The van der Waals surface area contributed by atoms with Crippen molar-refractivity contribution in [3.63, 3.8) is 0 Å². The number of aromatic nitrogens is 2. The van der Waals surface area contributed by atoms with Crippen molar-refractivity contribution in [3.8, 4) is 17.1 Å². The van der Waals surface area contributed by atoms with E-state index in [9.17, 15) is 4.79 Å². The summed E-state index contributed by atoms with van der Waals surface area (Å²) in [6.07, 6.45) is 0.775. The molecule has 0 aliphatic heterocycles. The van der Waals surface area contributed by atoms with Gasteiger partial charge in [0, 0.05) is 6.07 Å². The molecular weight excluding hydrogens is 304 g/mol. The third-order valence-electron chi connectivity index (χ3n) is 4.05. The minimum atomic E-state index is -0.660. The molecule has 0 aliphatic rings. The molecule has 1 atom stereocenters. The van der Waals surface area contributed by atoms with Crippen LogP contribution in [0.1, 0.15) is 26.7 Å². The van der Waals surface area contributed by atoms with Crippen LogP contribution >= 0.6 is 0 Å². The van der Waals surface area contributed by atoms with Crippen LogP contribution in [-0.2, 0) is 4.79 Å². The maximum atomic E-state index is 11.6. The molecular formula is C18H26N4O2. The molecule has 0 fully saturated rings. The van der Waals surface area contributed by atoms with Crippen LogP contribution in [-0.4, -0.2) is 46.7 Å². The Hall–Kier alpha value is -2.34. The molecule has 0 saturated carbocycles. The van der Waals surface area contributed by atoms with E-state index in [1.807, 2.05) is 30.3 Å². The van der Waals surface area contributed by atoms with Crippen molar-refractivity contribution in [1.29, 1.82) is 0 Å². The van der Waals surface area contributed by atoms with Crippen molar-refractivity contribution >= 4 is 5.91 Å². The standard InChI is InChI=1S/C18H26N4O2/c1-3-22(4-2)12-8-11-16(18(19)23)24-17-13-15(20-21-17)14-9-6-5-7-10-14/h5-7,9-10,13,16H,3-4,8,11-12H2,1-2H3,(H2,19,23)(H,20,21). The zero-order valence-corrected chi connectivity index (χ0v) is 14.4. The van der Waals surface area contributed by atoms with Crippen LogP contribution in [0.15, 0.2) is 36.4 Å². The van der Waals surface area contributed by atoms with Gasteiger partial charge in [-0.3, -0.25) is 9.89 Å². The zero-order chi connectivity index (χ0) is 17.4. The Morgan fingerprint density at radius 2 is 2.00 bits per heavy atom. The van der Waals surface area contributed by atoms with Gasteiger partial charge in [0.25, 0.3) is 5.91 Å². The average Bonchev–Trinajstić information content (AvgIpc) is 3.07. The lowest BCUT2D eigenvalue weighted by Crippen LogP contribution is -2.35. The van der Waals surface area contributed by atoms with Crippen molar-refractivity contribution < 1.29 is 9.53 Å². The van der Waals surface area contributed by atoms with Crippen molar-refractivity contribution in [2.45, 2.75) is 32.8 Å². The largest absolute Gasteiger partial charge is 0.463 e. The fraction of sp³-hybridized carbons (Fsp3) is 0.444. The number of nitrogens with zero attached hydrogens (tertiary/aromatic N) is 2. The highest BCUT2D eigenvalue weighted by atomic mass is 16.5. The molecule has 0 spiro atoms. The molecule has 0 aliphatic carbocycles. The van der Waals surface area contributed by atoms with Crippen molar-refractivity contribution in [2.75, 3.05) is 19.6 Å². The van der Waals surface area contributed by atoms with Crippen LogP contribution in [0.25, 0.3) is 11.3 Å². The Kier molecular flexibility index (Phi) is 6.81. The van der Waals surface area contributed by atoms with Crippen molar-refractivity contribution in [3.05, 3.63) is 36.4 Å². The number of nitrogens with one attached hydrogen (secondary N) is 1. The number of nitrogens with two attached hydrogens (primary N) is 1. The molecule has 130 valence electrons. The summed E-state index contributed by atoms with van der Waals surface area (Å²) < 4.78 is 5.69. The maximum absolute atomic E-state index is 11.6. The summed E-state index contributed by atoms with van der Waals surface area (Å²) in [6.45, 7) is 7.17. The smallest absolute Gasteiger partial charge is 0.258 e. The fourth-order valence-corrected chi connectivity index (χ4v) is 2.57. The highest BCUT2D eigenvalue weighted by Crippen LogP contribution is 2.21. The second kappa shape index (κ2) is 9.08. The molecule has 24 heavy (non-hydrogen) atoms. The molecule has 0 radical (unpaired) electrons. The number of aromatic amines is 1. The van der Waals surface area contributed by atoms with Gasteiger partial charge in [0.05, 0.1) is 5.69 Å². The number of ether oxygens (including phenoxy) is 1. The monoisotopic (exact) mass is 330 g/mol. The van der Waals surface area contributed by atoms with E-state index in [-0.39, 0.29) is 0 Å². The van der Waals surface area contributed by atoms with Crippen LogP contribution in [0.4, 0.5) is 0 Å². The first-order valence-electron chi connectivity index (χ1n) is 8.43. The third kappa shape index (κ3) is 5.09. The number of carbonyl (C=O) groups excluding carboxylic acids is 1. The quantitative estimate of drug-likeness (QED) is 0.701. The Bertz CT molecular complexity index is 623. The first kappa shape index (κ1) is 18.0. The van der Waals surface area contributed by atoms with Gasteiger partial charge in [-0.05, 0) is 38.0 Å². The van der Waals surface area contributed by atoms with Crippen LogP contribution in [0.2, 0.25) is 0 Å². The number of hydrogen-bond donors (Lipinski definition) is 2. The number of hydrogen-bond acceptors (Lipinski definition) is 4. The SMILES string of the molecule is CCN(CC)CCCC(Oc1cc(-c2ccccc2)[nH]n1)C(N)=O. The molecule has 1 amide bonds. The summed E-state index contributed by atoms with van der Waals surface area (Å²) in [7, 11) is 0. The molecule has 1 aromatic heterocycles. The number of H-pyrrole nitrogens is 1. The Morgan fingerprint density at radius 3 is 2.62 bits per heavy atom. The molecule has 1 aromatic carbocycles. The predicted molar refractivity (Wildman–Crippen MR) is 94.7 cm³/mol. The van der Waals surface area contributed by atoms with E-state index in [2.05, 4.69) is 28.9 Å². The summed E-state index contributed by atoms with van der Waals surface area (Å²) in [6, 6.07) is 11.6. The minimum Gasteiger partial charge on any atom is -0.463 e. The van der Waals surface area contributed by atoms with Crippen molar-refractivity contribution in [1.82, 2.24) is 15.1 Å². The van der Waals surface area contributed by atoms with E-state index in [1.165, 1.54) is 0 Å². The van der Waals surface area contributed by atoms with Gasteiger partial charge >= 0.3 is 0 Å². The van der Waals surface area contributed by atoms with E-state index >= 15 is 0 Å². The lowest BCUT2D eigenvalue weighted by molar-refractivity contribution is -0.125. The maximum Gasteiger partial charge on any atom is 0.258 e. The number of benzene rings is 1. The predicted octanol–water partition coefficient (Wildman–Crippen LogP) is 2.43. The summed E-state index contributed by atoms with van der Waals surface area (Å²) in [5, 5.41) is 7.05. The van der Waals surface area contributed by atoms with Crippen LogP contribution in [0, 0.1) is 0 Å². The number of primary amides is 1. The number of rotatable bonds is 10. The summed E-state index contributed by atoms with van der Waals surface area (Å²) in [5.41, 5.74) is 7.32. The van der Waals surface area contributed by atoms with Gasteiger partial charge in [-0.2, -0.15) is 0 Å². The Balaban J connectivity index is 1.93. The van der Waals surface area contributed by atoms with Gasteiger partial charge in [-0.1, -0.05) is 44.2 Å². The van der Waals surface area contributed by atoms with E-state index < -0.39 is 12.0 Å². The normalized spacial score (nSPS) is 12.3. The lowest BCUT2D eigenvalue weighted by Gasteiger charge is -2.19. The lowest BCUT2D eigenvalue weighted by atomic mass is 10.1. The number of carbonyl (C=O) groups is 1. The summed E-state index contributed by atoms with van der Waals surface area (Å²) in [5.74, 6) is -0.0701. The minimum absolute atomic E-state index is 0.389. The Labute approximate surface area is 143 Å². The molecule has 0 bridgehead atoms. The van der Waals surface area contributed by atoms with Gasteiger partial charge in [-0.25, -0.2) is 0 Å². The molecule has 1 unspecified atom stereocenters. The summed E-state index contributed by atoms with van der Waals surface area (Å²) in [4.78, 5) is 13.9. The molecule has 2 rings (SSSR count). The van der Waals surface area contributed by atoms with Gasteiger partial charge < -0.3 is 15.4 Å². The third-order valence-corrected chi connectivity index (χ3v) is 4.05. The topological polar surface area (TPSA) is 84.2 Å². The molecule has 6 nitrogen and oxygen atoms in total. The van der Waals surface area contributed by atoms with E-state index in [1.54, 1.807) is 6.07 Å². The molecule has 1 heterocycles. The van der Waals surface area contributed by atoms with E-state index in [4.69, 9.17) is 10.5 Å². The number of amides is 1. The van der Waals surface area contributed by atoms with Gasteiger partial charge in [0.2, 0.25) is 5.88 Å². The Morgan fingerprint density at radius 1 is 1.29 bits per heavy atom. The van der Waals surface area contributed by atoms with E-state index in [0.29, 0.717) is 12.3 Å². The average molecular weight is 330 g/mol. The van der Waals surface area contributed by atoms with Crippen LogP contribution in [0.5, 0.6) is 5.88 Å². The highest BCUT2D eigenvalue weighted by Gasteiger charge is 2.19. The second-order valence-corrected chi connectivity index (χ2v) is 5.66. The highest BCUT2D eigenvalue weighted by molar-refractivity contribution is 5.79. The summed E-state index contributed by atoms with van der Waals surface area (Å²) >= 11 is 0. The molecule has 6 heteroatoms. The molecule has 3 N–H and O–H groups in total.